The number of benzene rings is 1. The van der Waals surface area contributed by atoms with Crippen LogP contribution in [0.1, 0.15) is 31.9 Å². The number of methoxy groups -OCH3 is 2. The second kappa shape index (κ2) is 5.80. The summed E-state index contributed by atoms with van der Waals surface area (Å²) in [5.74, 6) is 1.52. The molecule has 106 valence electrons. The molecule has 0 bridgehead atoms. The van der Waals surface area contributed by atoms with Crippen LogP contribution in [0.3, 0.4) is 0 Å². The van der Waals surface area contributed by atoms with Crippen molar-refractivity contribution in [2.24, 2.45) is 5.73 Å². The molecule has 1 aliphatic heterocycles. The number of nitrogens with two attached hydrogens (primary N) is 1. The summed E-state index contributed by atoms with van der Waals surface area (Å²) in [5, 5.41) is 0. The Kier molecular flexibility index (Phi) is 4.32. The minimum atomic E-state index is 0.181. The van der Waals surface area contributed by atoms with Gasteiger partial charge in [-0.25, -0.2) is 0 Å². The maximum atomic E-state index is 6.29. The Labute approximate surface area is 115 Å². The fourth-order valence-corrected chi connectivity index (χ4v) is 2.90. The van der Waals surface area contributed by atoms with Crippen LogP contribution in [0.25, 0.3) is 0 Å². The van der Waals surface area contributed by atoms with E-state index in [0.29, 0.717) is 6.04 Å². The van der Waals surface area contributed by atoms with Crippen molar-refractivity contribution in [1.82, 2.24) is 4.90 Å². The second-order valence-electron chi connectivity index (χ2n) is 5.34. The molecule has 1 aromatic rings. The van der Waals surface area contributed by atoms with E-state index in [2.05, 4.69) is 24.8 Å². The molecule has 2 atom stereocenters. The van der Waals surface area contributed by atoms with E-state index in [1.54, 1.807) is 14.2 Å². The van der Waals surface area contributed by atoms with E-state index in [0.717, 1.165) is 24.5 Å². The Balaban J connectivity index is 2.34. The highest BCUT2D eigenvalue weighted by Gasteiger charge is 2.34. The van der Waals surface area contributed by atoms with Crippen LogP contribution in [-0.2, 0) is 0 Å². The maximum Gasteiger partial charge on any atom is 0.161 e. The lowest BCUT2D eigenvalue weighted by Crippen LogP contribution is -2.35. The molecule has 0 radical (unpaired) electrons. The predicted molar refractivity (Wildman–Crippen MR) is 76.7 cm³/mol. The predicted octanol–water partition coefficient (Wildman–Crippen LogP) is 2.19. The molecule has 0 spiro atoms. The average Bonchev–Trinajstić information content (AvgIpc) is 2.80. The Morgan fingerprint density at radius 1 is 1.21 bits per heavy atom. The molecule has 1 saturated heterocycles. The second-order valence-corrected chi connectivity index (χ2v) is 5.34. The number of hydrogen-bond acceptors (Lipinski definition) is 4. The van der Waals surface area contributed by atoms with Gasteiger partial charge in [0.05, 0.1) is 20.3 Å². The van der Waals surface area contributed by atoms with Crippen molar-refractivity contribution in [3.63, 3.8) is 0 Å². The van der Waals surface area contributed by atoms with Crippen LogP contribution in [0.4, 0.5) is 0 Å². The van der Waals surface area contributed by atoms with Gasteiger partial charge in [0.25, 0.3) is 0 Å². The van der Waals surface area contributed by atoms with Crippen LogP contribution < -0.4 is 15.2 Å². The van der Waals surface area contributed by atoms with E-state index in [1.807, 2.05) is 12.1 Å². The number of hydrogen-bond donors (Lipinski definition) is 1. The third kappa shape index (κ3) is 2.69. The SMILES string of the molecule is COc1ccc(C2C(N)CCN2C(C)C)cc1OC. The van der Waals surface area contributed by atoms with Gasteiger partial charge >= 0.3 is 0 Å². The van der Waals surface area contributed by atoms with Crippen LogP contribution >= 0.6 is 0 Å². The summed E-state index contributed by atoms with van der Waals surface area (Å²) in [6, 6.07) is 7.03. The molecule has 0 amide bonds. The summed E-state index contributed by atoms with van der Waals surface area (Å²) < 4.78 is 10.7. The van der Waals surface area contributed by atoms with Gasteiger partial charge in [0.15, 0.2) is 11.5 Å². The number of rotatable bonds is 4. The Bertz CT molecular complexity index is 434. The Hall–Kier alpha value is -1.26. The summed E-state index contributed by atoms with van der Waals surface area (Å²) >= 11 is 0. The van der Waals surface area contributed by atoms with Crippen LogP contribution in [0, 0.1) is 0 Å². The minimum absolute atomic E-state index is 0.181. The maximum absolute atomic E-state index is 6.29. The molecule has 2 unspecified atom stereocenters. The molecule has 2 rings (SSSR count). The minimum Gasteiger partial charge on any atom is -0.493 e. The van der Waals surface area contributed by atoms with Crippen molar-refractivity contribution >= 4 is 0 Å². The summed E-state index contributed by atoms with van der Waals surface area (Å²) in [4.78, 5) is 2.45. The summed E-state index contributed by atoms with van der Waals surface area (Å²) in [7, 11) is 3.32. The van der Waals surface area contributed by atoms with Crippen molar-refractivity contribution < 1.29 is 9.47 Å². The monoisotopic (exact) mass is 264 g/mol. The van der Waals surface area contributed by atoms with Crippen molar-refractivity contribution in [3.8, 4) is 11.5 Å². The zero-order valence-corrected chi connectivity index (χ0v) is 12.2. The quantitative estimate of drug-likeness (QED) is 0.905. The van der Waals surface area contributed by atoms with Crippen LogP contribution in [-0.4, -0.2) is 37.7 Å². The van der Waals surface area contributed by atoms with Crippen LogP contribution in [0.5, 0.6) is 11.5 Å². The van der Waals surface area contributed by atoms with Gasteiger partial charge in [0.2, 0.25) is 0 Å². The molecule has 0 saturated carbocycles. The fraction of sp³-hybridized carbons (Fsp3) is 0.600. The topological polar surface area (TPSA) is 47.7 Å². The molecule has 1 fully saturated rings. The van der Waals surface area contributed by atoms with Gasteiger partial charge < -0.3 is 15.2 Å². The van der Waals surface area contributed by atoms with Gasteiger partial charge in [-0.05, 0) is 38.0 Å². The molecule has 4 nitrogen and oxygen atoms in total. The van der Waals surface area contributed by atoms with Crippen LogP contribution in [0.15, 0.2) is 18.2 Å². The molecule has 0 aliphatic carbocycles. The third-order valence-corrected chi connectivity index (χ3v) is 3.90. The summed E-state index contributed by atoms with van der Waals surface area (Å²) in [6.07, 6.45) is 1.04. The highest BCUT2D eigenvalue weighted by molar-refractivity contribution is 5.44. The highest BCUT2D eigenvalue weighted by Crippen LogP contribution is 2.37. The van der Waals surface area contributed by atoms with Crippen molar-refractivity contribution in [3.05, 3.63) is 23.8 Å². The van der Waals surface area contributed by atoms with Gasteiger partial charge in [0.1, 0.15) is 0 Å². The standard InChI is InChI=1S/C15H24N2O2/c1-10(2)17-8-7-12(16)15(17)11-5-6-13(18-3)14(9-11)19-4/h5-6,9-10,12,15H,7-8,16H2,1-4H3. The molecule has 4 heteroatoms. The molecule has 2 N–H and O–H groups in total. The van der Waals surface area contributed by atoms with Gasteiger partial charge in [-0.1, -0.05) is 6.07 Å². The third-order valence-electron chi connectivity index (χ3n) is 3.90. The largest absolute Gasteiger partial charge is 0.493 e. The smallest absolute Gasteiger partial charge is 0.161 e. The van der Waals surface area contributed by atoms with E-state index in [9.17, 15) is 0 Å². The van der Waals surface area contributed by atoms with Gasteiger partial charge in [-0.15, -0.1) is 0 Å². The molecule has 1 aliphatic rings. The van der Waals surface area contributed by atoms with Crippen LogP contribution in [0.2, 0.25) is 0 Å². The van der Waals surface area contributed by atoms with E-state index >= 15 is 0 Å². The average molecular weight is 264 g/mol. The van der Waals surface area contributed by atoms with E-state index in [-0.39, 0.29) is 12.1 Å². The number of ether oxygens (including phenoxy) is 2. The molecular weight excluding hydrogens is 240 g/mol. The van der Waals surface area contributed by atoms with Crippen molar-refractivity contribution in [2.45, 2.75) is 38.4 Å². The van der Waals surface area contributed by atoms with Crippen molar-refractivity contribution in [1.29, 1.82) is 0 Å². The first-order valence-corrected chi connectivity index (χ1v) is 6.81. The zero-order valence-electron chi connectivity index (χ0n) is 12.2. The normalized spacial score (nSPS) is 23.9. The lowest BCUT2D eigenvalue weighted by atomic mass is 9.99. The number of nitrogens with zero attached hydrogens (tertiary/aromatic N) is 1. The molecule has 0 aromatic heterocycles. The first-order valence-electron chi connectivity index (χ1n) is 6.81. The highest BCUT2D eigenvalue weighted by atomic mass is 16.5. The fourth-order valence-electron chi connectivity index (χ4n) is 2.90. The van der Waals surface area contributed by atoms with E-state index < -0.39 is 0 Å². The van der Waals surface area contributed by atoms with E-state index in [4.69, 9.17) is 15.2 Å². The lowest BCUT2D eigenvalue weighted by Gasteiger charge is -2.30. The van der Waals surface area contributed by atoms with E-state index in [1.165, 1.54) is 5.56 Å². The molecule has 1 aromatic carbocycles. The zero-order chi connectivity index (χ0) is 14.0. The first kappa shape index (κ1) is 14.2. The first-order chi connectivity index (χ1) is 9.08. The lowest BCUT2D eigenvalue weighted by molar-refractivity contribution is 0.197. The number of likely N-dealkylation sites (tertiary alicyclic amines) is 1. The summed E-state index contributed by atoms with van der Waals surface area (Å²) in [5.41, 5.74) is 7.49. The summed E-state index contributed by atoms with van der Waals surface area (Å²) in [6.45, 7) is 5.48. The molecule has 1 heterocycles. The Morgan fingerprint density at radius 3 is 2.47 bits per heavy atom. The van der Waals surface area contributed by atoms with Gasteiger partial charge in [-0.2, -0.15) is 0 Å². The molecular formula is C15H24N2O2. The molecule has 19 heavy (non-hydrogen) atoms. The van der Waals surface area contributed by atoms with Gasteiger partial charge in [-0.3, -0.25) is 4.90 Å². The van der Waals surface area contributed by atoms with Gasteiger partial charge in [0, 0.05) is 18.6 Å². The Morgan fingerprint density at radius 2 is 1.89 bits per heavy atom. The van der Waals surface area contributed by atoms with Crippen molar-refractivity contribution in [2.75, 3.05) is 20.8 Å².